The van der Waals surface area contributed by atoms with Crippen LogP contribution in [0, 0.1) is 18.3 Å². The van der Waals surface area contributed by atoms with Crippen molar-refractivity contribution in [3.63, 3.8) is 0 Å². The third-order valence-corrected chi connectivity index (χ3v) is 4.27. The average molecular weight is 242 g/mol. The number of pyridine rings is 1. The summed E-state index contributed by atoms with van der Waals surface area (Å²) >= 11 is 0. The fraction of sp³-hybridized carbons (Fsp3) is 0.571. The molecule has 18 heavy (non-hydrogen) atoms. The Hall–Kier alpha value is -1.60. The van der Waals surface area contributed by atoms with Gasteiger partial charge in [-0.15, -0.1) is 0 Å². The van der Waals surface area contributed by atoms with Gasteiger partial charge in [-0.1, -0.05) is 0 Å². The van der Waals surface area contributed by atoms with Gasteiger partial charge in [0.25, 0.3) is 0 Å². The fourth-order valence-electron chi connectivity index (χ4n) is 3.44. The summed E-state index contributed by atoms with van der Waals surface area (Å²) in [6.45, 7) is 1.97. The Morgan fingerprint density at radius 2 is 2.06 bits per heavy atom. The van der Waals surface area contributed by atoms with Gasteiger partial charge in [-0.05, 0) is 44.2 Å². The maximum atomic E-state index is 9.33. The van der Waals surface area contributed by atoms with E-state index in [2.05, 4.69) is 16.0 Å². The Kier molecular flexibility index (Phi) is 2.71. The summed E-state index contributed by atoms with van der Waals surface area (Å²) in [4.78, 5) is 6.82. The van der Waals surface area contributed by atoms with E-state index in [0.717, 1.165) is 29.8 Å². The average Bonchev–Trinajstić information content (AvgIpc) is 2.61. The van der Waals surface area contributed by atoms with Crippen molar-refractivity contribution in [3.8, 4) is 6.07 Å². The number of hydrogen-bond acceptors (Lipinski definition) is 4. The molecule has 4 heteroatoms. The van der Waals surface area contributed by atoms with Crippen LogP contribution in [-0.4, -0.2) is 23.1 Å². The van der Waals surface area contributed by atoms with Gasteiger partial charge < -0.3 is 10.6 Å². The van der Waals surface area contributed by atoms with Crippen molar-refractivity contribution in [3.05, 3.63) is 23.4 Å². The van der Waals surface area contributed by atoms with Gasteiger partial charge in [-0.2, -0.15) is 5.26 Å². The lowest BCUT2D eigenvalue weighted by atomic mass is 9.97. The molecule has 0 amide bonds. The second-order valence-corrected chi connectivity index (χ2v) is 5.46. The smallest absolute Gasteiger partial charge is 0.147 e. The van der Waals surface area contributed by atoms with E-state index in [1.165, 1.54) is 12.8 Å². The number of nitrogens with two attached hydrogens (primary N) is 1. The van der Waals surface area contributed by atoms with E-state index in [4.69, 9.17) is 5.73 Å². The number of hydrogen-bond donors (Lipinski definition) is 1. The highest BCUT2D eigenvalue weighted by atomic mass is 15.3. The van der Waals surface area contributed by atoms with Crippen molar-refractivity contribution < 1.29 is 0 Å². The Labute approximate surface area is 107 Å². The summed E-state index contributed by atoms with van der Waals surface area (Å²) in [6.07, 6.45) is 6.21. The molecule has 2 aliphatic heterocycles. The molecule has 2 atom stereocenters. The van der Waals surface area contributed by atoms with Gasteiger partial charge in [0.05, 0.1) is 5.56 Å². The number of fused-ring (bicyclic) bond motifs is 2. The molecule has 2 aliphatic rings. The minimum atomic E-state index is 0.314. The normalized spacial score (nSPS) is 30.3. The number of nitriles is 1. The van der Waals surface area contributed by atoms with Gasteiger partial charge in [0, 0.05) is 24.3 Å². The Morgan fingerprint density at radius 1 is 1.39 bits per heavy atom. The van der Waals surface area contributed by atoms with E-state index < -0.39 is 0 Å². The van der Waals surface area contributed by atoms with Gasteiger partial charge in [0.2, 0.25) is 0 Å². The summed E-state index contributed by atoms with van der Waals surface area (Å²) in [5.74, 6) is 0.872. The van der Waals surface area contributed by atoms with Crippen molar-refractivity contribution in [2.75, 3.05) is 4.90 Å². The molecular formula is C14H18N4. The standard InChI is InChI=1S/C14H18N4/c1-9-4-5-17-14(13(9)8-15)18-11-2-3-12(18)7-10(16)6-11/h4-5,10-12H,2-3,6-7,16H2,1H3. The van der Waals surface area contributed by atoms with Gasteiger partial charge in [0.1, 0.15) is 11.9 Å². The molecular weight excluding hydrogens is 224 g/mol. The second kappa shape index (κ2) is 4.25. The van der Waals surface area contributed by atoms with Crippen molar-refractivity contribution in [2.45, 2.75) is 50.7 Å². The second-order valence-electron chi connectivity index (χ2n) is 5.46. The van der Waals surface area contributed by atoms with Crippen LogP contribution >= 0.6 is 0 Å². The van der Waals surface area contributed by atoms with Crippen LogP contribution in [0.3, 0.4) is 0 Å². The first kappa shape index (κ1) is 11.5. The van der Waals surface area contributed by atoms with Crippen LogP contribution < -0.4 is 10.6 Å². The van der Waals surface area contributed by atoms with E-state index in [1.807, 2.05) is 13.0 Å². The topological polar surface area (TPSA) is 65.9 Å². The highest BCUT2D eigenvalue weighted by molar-refractivity contribution is 5.59. The van der Waals surface area contributed by atoms with E-state index in [1.54, 1.807) is 6.20 Å². The maximum Gasteiger partial charge on any atom is 0.147 e. The van der Waals surface area contributed by atoms with Crippen molar-refractivity contribution in [1.82, 2.24) is 4.98 Å². The van der Waals surface area contributed by atoms with Gasteiger partial charge >= 0.3 is 0 Å². The van der Waals surface area contributed by atoms with E-state index in [9.17, 15) is 5.26 Å². The molecule has 0 aromatic carbocycles. The first-order chi connectivity index (χ1) is 8.70. The zero-order valence-corrected chi connectivity index (χ0v) is 10.6. The summed E-state index contributed by atoms with van der Waals surface area (Å²) in [6, 6.07) is 5.47. The lowest BCUT2D eigenvalue weighted by molar-refractivity contribution is 0.412. The molecule has 0 aliphatic carbocycles. The molecule has 1 aromatic heterocycles. The van der Waals surface area contributed by atoms with Crippen molar-refractivity contribution >= 4 is 5.82 Å². The van der Waals surface area contributed by atoms with E-state index >= 15 is 0 Å². The number of aryl methyl sites for hydroxylation is 1. The quantitative estimate of drug-likeness (QED) is 0.814. The third kappa shape index (κ3) is 1.67. The zero-order valence-electron chi connectivity index (χ0n) is 10.6. The maximum absolute atomic E-state index is 9.33. The van der Waals surface area contributed by atoms with Gasteiger partial charge in [-0.3, -0.25) is 0 Å². The summed E-state index contributed by atoms with van der Waals surface area (Å²) < 4.78 is 0. The summed E-state index contributed by atoms with van der Waals surface area (Å²) in [5.41, 5.74) is 7.82. The molecule has 4 nitrogen and oxygen atoms in total. The molecule has 94 valence electrons. The lowest BCUT2D eigenvalue weighted by Crippen LogP contribution is -2.48. The minimum absolute atomic E-state index is 0.314. The van der Waals surface area contributed by atoms with Gasteiger partial charge in [0.15, 0.2) is 0 Å². The van der Waals surface area contributed by atoms with Crippen molar-refractivity contribution in [2.24, 2.45) is 5.73 Å². The molecule has 2 bridgehead atoms. The van der Waals surface area contributed by atoms with Crippen molar-refractivity contribution in [1.29, 1.82) is 5.26 Å². The monoisotopic (exact) mass is 242 g/mol. The number of nitrogens with zero attached hydrogens (tertiary/aromatic N) is 3. The third-order valence-electron chi connectivity index (χ3n) is 4.27. The number of piperidine rings is 1. The number of rotatable bonds is 1. The van der Waals surface area contributed by atoms with Crippen LogP contribution in [0.15, 0.2) is 12.3 Å². The SMILES string of the molecule is Cc1ccnc(N2C3CCC2CC(N)C3)c1C#N. The summed E-state index contributed by atoms with van der Waals surface area (Å²) in [7, 11) is 0. The molecule has 2 unspecified atom stereocenters. The molecule has 0 saturated carbocycles. The Morgan fingerprint density at radius 3 is 2.67 bits per heavy atom. The molecule has 2 fully saturated rings. The summed E-state index contributed by atoms with van der Waals surface area (Å²) in [5, 5.41) is 9.33. The van der Waals surface area contributed by atoms with Crippen LogP contribution in [0.1, 0.15) is 36.8 Å². The van der Waals surface area contributed by atoms with Crippen LogP contribution in [0.25, 0.3) is 0 Å². The molecule has 0 radical (unpaired) electrons. The van der Waals surface area contributed by atoms with Gasteiger partial charge in [-0.25, -0.2) is 4.98 Å². The predicted molar refractivity (Wildman–Crippen MR) is 70.2 cm³/mol. The first-order valence-electron chi connectivity index (χ1n) is 6.60. The lowest BCUT2D eigenvalue weighted by Gasteiger charge is -2.39. The number of aromatic nitrogens is 1. The first-order valence-corrected chi connectivity index (χ1v) is 6.60. The number of anilines is 1. The highest BCUT2D eigenvalue weighted by Gasteiger charge is 2.41. The largest absolute Gasteiger partial charge is 0.349 e. The van der Waals surface area contributed by atoms with Crippen LogP contribution in [0.2, 0.25) is 0 Å². The van der Waals surface area contributed by atoms with Crippen LogP contribution in [0.5, 0.6) is 0 Å². The molecule has 2 N–H and O–H groups in total. The predicted octanol–water partition coefficient (Wildman–Crippen LogP) is 1.72. The highest BCUT2D eigenvalue weighted by Crippen LogP contribution is 2.39. The zero-order chi connectivity index (χ0) is 12.7. The van der Waals surface area contributed by atoms with Crippen LogP contribution in [-0.2, 0) is 0 Å². The van der Waals surface area contributed by atoms with E-state index in [0.29, 0.717) is 18.1 Å². The minimum Gasteiger partial charge on any atom is -0.349 e. The molecule has 3 rings (SSSR count). The Balaban J connectivity index is 2.02. The van der Waals surface area contributed by atoms with Crippen LogP contribution in [0.4, 0.5) is 5.82 Å². The Bertz CT molecular complexity index is 491. The molecule has 1 aromatic rings. The molecule has 0 spiro atoms. The van der Waals surface area contributed by atoms with E-state index in [-0.39, 0.29) is 0 Å². The molecule has 2 saturated heterocycles. The fourth-order valence-corrected chi connectivity index (χ4v) is 3.44. The molecule has 3 heterocycles.